The third-order valence-corrected chi connectivity index (χ3v) is 4.78. The molecule has 0 amide bonds. The Bertz CT molecular complexity index is 241. The molecule has 2 fully saturated rings. The lowest BCUT2D eigenvalue weighted by molar-refractivity contribution is 0.0508. The SMILES string of the molecule is CCCNC1(CO)CCCC(N2CCCCC2)C1. The summed E-state index contributed by atoms with van der Waals surface area (Å²) in [6.45, 7) is 6.09. The molecule has 18 heavy (non-hydrogen) atoms. The Labute approximate surface area is 112 Å². The third-order valence-electron chi connectivity index (χ3n) is 4.78. The van der Waals surface area contributed by atoms with Crippen LogP contribution < -0.4 is 5.32 Å². The van der Waals surface area contributed by atoms with Crippen molar-refractivity contribution in [2.75, 3.05) is 26.2 Å². The molecule has 0 bridgehead atoms. The molecule has 0 radical (unpaired) electrons. The Morgan fingerprint density at radius 3 is 2.67 bits per heavy atom. The van der Waals surface area contributed by atoms with Crippen LogP contribution in [0.3, 0.4) is 0 Å². The Balaban J connectivity index is 1.92. The smallest absolute Gasteiger partial charge is 0.0613 e. The van der Waals surface area contributed by atoms with E-state index in [1.54, 1.807) is 0 Å². The highest BCUT2D eigenvalue weighted by Crippen LogP contribution is 2.32. The van der Waals surface area contributed by atoms with E-state index >= 15 is 0 Å². The maximum Gasteiger partial charge on any atom is 0.0613 e. The van der Waals surface area contributed by atoms with Crippen LogP contribution >= 0.6 is 0 Å². The van der Waals surface area contributed by atoms with Crippen LogP contribution in [-0.2, 0) is 0 Å². The first-order chi connectivity index (χ1) is 8.79. The summed E-state index contributed by atoms with van der Waals surface area (Å²) in [5.41, 5.74) is 0.0103. The third kappa shape index (κ3) is 3.46. The van der Waals surface area contributed by atoms with Gasteiger partial charge >= 0.3 is 0 Å². The van der Waals surface area contributed by atoms with Gasteiger partial charge in [-0.05, 0) is 64.6 Å². The van der Waals surface area contributed by atoms with E-state index in [1.165, 1.54) is 45.2 Å². The van der Waals surface area contributed by atoms with Crippen LogP contribution in [0.5, 0.6) is 0 Å². The van der Waals surface area contributed by atoms with E-state index in [0.29, 0.717) is 12.6 Å². The molecule has 1 aliphatic heterocycles. The molecule has 0 aromatic carbocycles. The summed E-state index contributed by atoms with van der Waals surface area (Å²) < 4.78 is 0. The summed E-state index contributed by atoms with van der Waals surface area (Å²) >= 11 is 0. The maximum atomic E-state index is 9.80. The highest BCUT2D eigenvalue weighted by molar-refractivity contribution is 4.96. The van der Waals surface area contributed by atoms with Crippen LogP contribution in [0.2, 0.25) is 0 Å². The molecule has 1 saturated carbocycles. The van der Waals surface area contributed by atoms with Gasteiger partial charge in [0.1, 0.15) is 0 Å². The van der Waals surface area contributed by atoms with Crippen molar-refractivity contribution >= 4 is 0 Å². The van der Waals surface area contributed by atoms with Crippen molar-refractivity contribution in [2.45, 2.75) is 69.9 Å². The average Bonchev–Trinajstić information content (AvgIpc) is 2.46. The first-order valence-electron chi connectivity index (χ1n) is 7.89. The number of hydrogen-bond acceptors (Lipinski definition) is 3. The van der Waals surface area contributed by atoms with Crippen molar-refractivity contribution in [3.05, 3.63) is 0 Å². The fourth-order valence-electron chi connectivity index (χ4n) is 3.68. The molecule has 106 valence electrons. The zero-order chi connectivity index (χ0) is 12.8. The summed E-state index contributed by atoms with van der Waals surface area (Å²) in [6, 6.07) is 0.704. The molecule has 1 saturated heterocycles. The highest BCUT2D eigenvalue weighted by Gasteiger charge is 2.37. The van der Waals surface area contributed by atoms with Gasteiger partial charge in [-0.1, -0.05) is 13.3 Å². The van der Waals surface area contributed by atoms with Gasteiger partial charge < -0.3 is 15.3 Å². The van der Waals surface area contributed by atoms with Gasteiger partial charge in [0.25, 0.3) is 0 Å². The monoisotopic (exact) mass is 254 g/mol. The second-order valence-electron chi connectivity index (χ2n) is 6.21. The zero-order valence-electron chi connectivity index (χ0n) is 12.0. The summed E-state index contributed by atoms with van der Waals surface area (Å²) in [6.07, 6.45) is 10.2. The Kier molecular flexibility index (Phi) is 5.46. The van der Waals surface area contributed by atoms with Crippen molar-refractivity contribution in [1.82, 2.24) is 10.2 Å². The first-order valence-corrected chi connectivity index (χ1v) is 7.89. The lowest BCUT2D eigenvalue weighted by Gasteiger charge is -2.45. The van der Waals surface area contributed by atoms with Gasteiger partial charge in [-0.15, -0.1) is 0 Å². The fraction of sp³-hybridized carbons (Fsp3) is 1.00. The summed E-state index contributed by atoms with van der Waals surface area (Å²) in [5.74, 6) is 0. The zero-order valence-corrected chi connectivity index (χ0v) is 12.0. The van der Waals surface area contributed by atoms with Gasteiger partial charge in [0.15, 0.2) is 0 Å². The molecule has 2 atom stereocenters. The molecular formula is C15H30N2O. The molecular weight excluding hydrogens is 224 g/mol. The van der Waals surface area contributed by atoms with Gasteiger partial charge in [-0.3, -0.25) is 0 Å². The lowest BCUT2D eigenvalue weighted by Crippen LogP contribution is -2.56. The summed E-state index contributed by atoms with van der Waals surface area (Å²) in [7, 11) is 0. The number of piperidine rings is 1. The van der Waals surface area contributed by atoms with Gasteiger partial charge in [0, 0.05) is 11.6 Å². The van der Waals surface area contributed by atoms with E-state index in [0.717, 1.165) is 25.8 Å². The van der Waals surface area contributed by atoms with Crippen molar-refractivity contribution in [3.8, 4) is 0 Å². The standard InChI is InChI=1S/C15H30N2O/c1-2-9-16-15(13-18)8-6-7-14(12-15)17-10-4-3-5-11-17/h14,16,18H,2-13H2,1H3. The van der Waals surface area contributed by atoms with E-state index in [4.69, 9.17) is 0 Å². The van der Waals surface area contributed by atoms with Crippen molar-refractivity contribution in [1.29, 1.82) is 0 Å². The number of likely N-dealkylation sites (tertiary alicyclic amines) is 1. The Morgan fingerprint density at radius 1 is 1.22 bits per heavy atom. The molecule has 3 nitrogen and oxygen atoms in total. The predicted molar refractivity (Wildman–Crippen MR) is 75.8 cm³/mol. The van der Waals surface area contributed by atoms with E-state index in [2.05, 4.69) is 17.1 Å². The lowest BCUT2D eigenvalue weighted by atomic mass is 9.78. The Hall–Kier alpha value is -0.120. The average molecular weight is 254 g/mol. The molecule has 0 aromatic heterocycles. The normalized spacial score (nSPS) is 34.7. The van der Waals surface area contributed by atoms with Crippen LogP contribution in [0.4, 0.5) is 0 Å². The largest absolute Gasteiger partial charge is 0.394 e. The Morgan fingerprint density at radius 2 is 2.00 bits per heavy atom. The quantitative estimate of drug-likeness (QED) is 0.789. The fourth-order valence-corrected chi connectivity index (χ4v) is 3.68. The summed E-state index contributed by atoms with van der Waals surface area (Å²) in [5, 5.41) is 13.4. The van der Waals surface area contributed by atoms with Crippen LogP contribution in [0.15, 0.2) is 0 Å². The molecule has 2 unspecified atom stereocenters. The molecule has 2 N–H and O–H groups in total. The molecule has 2 rings (SSSR count). The van der Waals surface area contributed by atoms with Gasteiger partial charge in [0.2, 0.25) is 0 Å². The highest BCUT2D eigenvalue weighted by atomic mass is 16.3. The van der Waals surface area contributed by atoms with Gasteiger partial charge in [-0.2, -0.15) is 0 Å². The molecule has 1 heterocycles. The topological polar surface area (TPSA) is 35.5 Å². The van der Waals surface area contributed by atoms with Crippen LogP contribution in [0.25, 0.3) is 0 Å². The minimum absolute atomic E-state index is 0.0103. The van der Waals surface area contributed by atoms with Crippen LogP contribution in [-0.4, -0.2) is 47.8 Å². The number of nitrogens with zero attached hydrogens (tertiary/aromatic N) is 1. The molecule has 2 aliphatic rings. The molecule has 3 heteroatoms. The summed E-state index contributed by atoms with van der Waals surface area (Å²) in [4.78, 5) is 2.68. The number of rotatable bonds is 5. The van der Waals surface area contributed by atoms with Crippen molar-refractivity contribution in [2.24, 2.45) is 0 Å². The van der Waals surface area contributed by atoms with Crippen molar-refractivity contribution < 1.29 is 5.11 Å². The molecule has 0 aromatic rings. The van der Waals surface area contributed by atoms with E-state index in [-0.39, 0.29) is 5.54 Å². The number of nitrogens with one attached hydrogen (secondary N) is 1. The maximum absolute atomic E-state index is 9.80. The number of hydrogen-bond donors (Lipinski definition) is 2. The van der Waals surface area contributed by atoms with Gasteiger partial charge in [-0.25, -0.2) is 0 Å². The number of aliphatic hydroxyl groups is 1. The van der Waals surface area contributed by atoms with E-state index in [9.17, 15) is 5.11 Å². The minimum Gasteiger partial charge on any atom is -0.394 e. The molecule has 0 spiro atoms. The second kappa shape index (κ2) is 6.88. The second-order valence-corrected chi connectivity index (χ2v) is 6.21. The van der Waals surface area contributed by atoms with Crippen molar-refractivity contribution in [3.63, 3.8) is 0 Å². The van der Waals surface area contributed by atoms with Crippen LogP contribution in [0.1, 0.15) is 58.3 Å². The number of aliphatic hydroxyl groups excluding tert-OH is 1. The molecule has 1 aliphatic carbocycles. The van der Waals surface area contributed by atoms with E-state index < -0.39 is 0 Å². The predicted octanol–water partition coefficient (Wildman–Crippen LogP) is 2.15. The van der Waals surface area contributed by atoms with E-state index in [1.807, 2.05) is 0 Å². The van der Waals surface area contributed by atoms with Gasteiger partial charge in [0.05, 0.1) is 6.61 Å². The minimum atomic E-state index is 0.0103. The first kappa shape index (κ1) is 14.3. The van der Waals surface area contributed by atoms with Crippen LogP contribution in [0, 0.1) is 0 Å².